The molecule has 0 aromatic heterocycles. The predicted octanol–water partition coefficient (Wildman–Crippen LogP) is 1.78. The summed E-state index contributed by atoms with van der Waals surface area (Å²) in [4.78, 5) is 13.7. The van der Waals surface area contributed by atoms with E-state index in [1.165, 1.54) is 20.0 Å². The van der Waals surface area contributed by atoms with E-state index in [9.17, 15) is 4.79 Å². The fourth-order valence-corrected chi connectivity index (χ4v) is 1.75. The molecule has 17 heavy (non-hydrogen) atoms. The lowest BCUT2D eigenvalue weighted by molar-refractivity contribution is -0.146. The average Bonchev–Trinajstić information content (AvgIpc) is 2.30. The van der Waals surface area contributed by atoms with E-state index in [4.69, 9.17) is 5.73 Å². The summed E-state index contributed by atoms with van der Waals surface area (Å²) in [5.74, 6) is -0.322. The molecule has 4 nitrogen and oxygen atoms in total. The van der Waals surface area contributed by atoms with Gasteiger partial charge in [-0.1, -0.05) is 13.3 Å². The van der Waals surface area contributed by atoms with Crippen molar-refractivity contribution in [3.05, 3.63) is 0 Å². The molecule has 0 rings (SSSR count). The van der Waals surface area contributed by atoms with Crippen molar-refractivity contribution < 1.29 is 9.53 Å². The van der Waals surface area contributed by atoms with E-state index in [-0.39, 0.29) is 5.97 Å². The molecule has 1 unspecified atom stereocenters. The fraction of sp³-hybridized carbons (Fsp3) is 0.923. The standard InChI is InChI=1S/C13H28N2O2/c1-5-6-10-15(3)11-8-7-9-13(2,14)12(16)17-4/h5-11,14H2,1-4H3. The maximum Gasteiger partial charge on any atom is 0.325 e. The first kappa shape index (κ1) is 16.4. The van der Waals surface area contributed by atoms with E-state index in [0.29, 0.717) is 6.42 Å². The third-order valence-electron chi connectivity index (χ3n) is 3.03. The number of hydrogen-bond donors (Lipinski definition) is 1. The SMILES string of the molecule is CCCCN(C)CCCCC(C)(N)C(=O)OC. The lowest BCUT2D eigenvalue weighted by Gasteiger charge is -2.22. The molecule has 102 valence electrons. The Kier molecular flexibility index (Phi) is 8.17. The van der Waals surface area contributed by atoms with Crippen molar-refractivity contribution in [2.45, 2.75) is 51.5 Å². The van der Waals surface area contributed by atoms with Crippen molar-refractivity contribution >= 4 is 5.97 Å². The Morgan fingerprint density at radius 3 is 2.41 bits per heavy atom. The van der Waals surface area contributed by atoms with Crippen molar-refractivity contribution in [1.82, 2.24) is 4.90 Å². The van der Waals surface area contributed by atoms with Gasteiger partial charge in [0, 0.05) is 0 Å². The number of hydrogen-bond acceptors (Lipinski definition) is 4. The minimum absolute atomic E-state index is 0.322. The first-order chi connectivity index (χ1) is 7.94. The van der Waals surface area contributed by atoms with Gasteiger partial charge < -0.3 is 15.4 Å². The van der Waals surface area contributed by atoms with E-state index < -0.39 is 5.54 Å². The van der Waals surface area contributed by atoms with E-state index >= 15 is 0 Å². The summed E-state index contributed by atoms with van der Waals surface area (Å²) in [6, 6.07) is 0. The minimum Gasteiger partial charge on any atom is -0.468 e. The highest BCUT2D eigenvalue weighted by Crippen LogP contribution is 2.12. The van der Waals surface area contributed by atoms with Gasteiger partial charge in [0.2, 0.25) is 0 Å². The van der Waals surface area contributed by atoms with Gasteiger partial charge in [0.25, 0.3) is 0 Å². The summed E-state index contributed by atoms with van der Waals surface area (Å²) in [6.07, 6.45) is 5.19. The van der Waals surface area contributed by atoms with Crippen molar-refractivity contribution in [2.75, 3.05) is 27.2 Å². The summed E-state index contributed by atoms with van der Waals surface area (Å²) < 4.78 is 4.67. The number of nitrogens with zero attached hydrogens (tertiary/aromatic N) is 1. The molecule has 0 aromatic rings. The molecule has 4 heteroatoms. The molecule has 0 saturated carbocycles. The van der Waals surface area contributed by atoms with Crippen LogP contribution in [0.1, 0.15) is 46.0 Å². The number of unbranched alkanes of at least 4 members (excludes halogenated alkanes) is 2. The van der Waals surface area contributed by atoms with E-state index in [2.05, 4.69) is 23.6 Å². The molecular weight excluding hydrogens is 216 g/mol. The smallest absolute Gasteiger partial charge is 0.325 e. The zero-order chi connectivity index (χ0) is 13.3. The summed E-state index contributed by atoms with van der Waals surface area (Å²) in [5, 5.41) is 0. The second kappa shape index (κ2) is 8.48. The molecule has 0 aliphatic carbocycles. The van der Waals surface area contributed by atoms with Crippen molar-refractivity contribution in [1.29, 1.82) is 0 Å². The van der Waals surface area contributed by atoms with Gasteiger partial charge in [0.15, 0.2) is 0 Å². The van der Waals surface area contributed by atoms with Gasteiger partial charge in [-0.05, 0) is 52.7 Å². The third-order valence-corrected chi connectivity index (χ3v) is 3.03. The monoisotopic (exact) mass is 244 g/mol. The maximum absolute atomic E-state index is 11.3. The second-order valence-electron chi connectivity index (χ2n) is 5.02. The highest BCUT2D eigenvalue weighted by atomic mass is 16.5. The number of carbonyl (C=O) groups excluding carboxylic acids is 1. The van der Waals surface area contributed by atoms with Crippen LogP contribution in [0.25, 0.3) is 0 Å². The largest absolute Gasteiger partial charge is 0.468 e. The maximum atomic E-state index is 11.3. The Morgan fingerprint density at radius 2 is 1.88 bits per heavy atom. The Balaban J connectivity index is 3.66. The Bertz CT molecular complexity index is 217. The summed E-state index contributed by atoms with van der Waals surface area (Å²) in [6.45, 7) is 6.15. The minimum atomic E-state index is -0.837. The Labute approximate surface area is 105 Å². The Morgan fingerprint density at radius 1 is 1.29 bits per heavy atom. The normalized spacial score (nSPS) is 14.7. The molecule has 0 heterocycles. The fourth-order valence-electron chi connectivity index (χ4n) is 1.75. The number of carbonyl (C=O) groups is 1. The van der Waals surface area contributed by atoms with Gasteiger partial charge in [0.1, 0.15) is 5.54 Å². The molecule has 0 spiro atoms. The molecule has 0 aliphatic rings. The van der Waals surface area contributed by atoms with Crippen LogP contribution < -0.4 is 5.73 Å². The number of ether oxygens (including phenoxy) is 1. The molecule has 0 bridgehead atoms. The molecule has 0 aromatic carbocycles. The van der Waals surface area contributed by atoms with Gasteiger partial charge in [-0.25, -0.2) is 0 Å². The van der Waals surface area contributed by atoms with Gasteiger partial charge in [-0.15, -0.1) is 0 Å². The molecule has 2 N–H and O–H groups in total. The van der Waals surface area contributed by atoms with Crippen LogP contribution in [0.5, 0.6) is 0 Å². The zero-order valence-corrected chi connectivity index (χ0v) is 11.8. The highest BCUT2D eigenvalue weighted by molar-refractivity contribution is 5.79. The molecule has 1 atom stereocenters. The van der Waals surface area contributed by atoms with Crippen LogP contribution in [-0.2, 0) is 9.53 Å². The lowest BCUT2D eigenvalue weighted by Crippen LogP contribution is -2.45. The summed E-state index contributed by atoms with van der Waals surface area (Å²) >= 11 is 0. The molecule has 0 saturated heterocycles. The van der Waals surface area contributed by atoms with Crippen LogP contribution in [0.15, 0.2) is 0 Å². The molecule has 0 fully saturated rings. The number of rotatable bonds is 9. The van der Waals surface area contributed by atoms with Crippen LogP contribution in [0.2, 0.25) is 0 Å². The quantitative estimate of drug-likeness (QED) is 0.496. The number of nitrogens with two attached hydrogens (primary N) is 1. The first-order valence-corrected chi connectivity index (χ1v) is 6.50. The van der Waals surface area contributed by atoms with Crippen LogP contribution >= 0.6 is 0 Å². The lowest BCUT2D eigenvalue weighted by atomic mass is 9.96. The van der Waals surface area contributed by atoms with Gasteiger partial charge in [-0.2, -0.15) is 0 Å². The predicted molar refractivity (Wildman–Crippen MR) is 70.9 cm³/mol. The molecule has 0 amide bonds. The number of methoxy groups -OCH3 is 1. The second-order valence-corrected chi connectivity index (χ2v) is 5.02. The van der Waals surface area contributed by atoms with E-state index in [0.717, 1.165) is 25.9 Å². The first-order valence-electron chi connectivity index (χ1n) is 6.50. The summed E-state index contributed by atoms with van der Waals surface area (Å²) in [7, 11) is 3.52. The highest BCUT2D eigenvalue weighted by Gasteiger charge is 2.28. The van der Waals surface area contributed by atoms with Crippen molar-refractivity contribution in [3.8, 4) is 0 Å². The van der Waals surface area contributed by atoms with Crippen molar-refractivity contribution in [2.24, 2.45) is 5.73 Å². The van der Waals surface area contributed by atoms with E-state index in [1.807, 2.05) is 0 Å². The van der Waals surface area contributed by atoms with Crippen molar-refractivity contribution in [3.63, 3.8) is 0 Å². The Hall–Kier alpha value is -0.610. The van der Waals surface area contributed by atoms with Crippen LogP contribution in [0, 0.1) is 0 Å². The van der Waals surface area contributed by atoms with Gasteiger partial charge in [-0.3, -0.25) is 4.79 Å². The van der Waals surface area contributed by atoms with Crippen LogP contribution in [0.3, 0.4) is 0 Å². The molecular formula is C13H28N2O2. The van der Waals surface area contributed by atoms with Crippen LogP contribution in [-0.4, -0.2) is 43.7 Å². The molecule has 0 aliphatic heterocycles. The molecule has 0 radical (unpaired) electrons. The third kappa shape index (κ3) is 7.34. The van der Waals surface area contributed by atoms with E-state index in [1.54, 1.807) is 6.92 Å². The number of esters is 1. The summed E-state index contributed by atoms with van der Waals surface area (Å²) in [5.41, 5.74) is 5.04. The topological polar surface area (TPSA) is 55.6 Å². The van der Waals surface area contributed by atoms with Gasteiger partial charge >= 0.3 is 5.97 Å². The van der Waals surface area contributed by atoms with Gasteiger partial charge in [0.05, 0.1) is 7.11 Å². The average molecular weight is 244 g/mol. The zero-order valence-electron chi connectivity index (χ0n) is 11.8. The van der Waals surface area contributed by atoms with Crippen LogP contribution in [0.4, 0.5) is 0 Å².